The van der Waals surface area contributed by atoms with Crippen molar-refractivity contribution < 1.29 is 33.8 Å². The largest absolute Gasteiger partial charge is 0.481 e. The highest BCUT2D eigenvalue weighted by Crippen LogP contribution is 2.15. The van der Waals surface area contributed by atoms with Crippen LogP contribution < -0.4 is 5.32 Å². The van der Waals surface area contributed by atoms with Crippen molar-refractivity contribution in [2.24, 2.45) is 0 Å². The summed E-state index contributed by atoms with van der Waals surface area (Å²) in [6, 6.07) is -1.18. The number of hydrogen-bond acceptors (Lipinski definition) is 6. The maximum absolute atomic E-state index is 12.8. The molecule has 306 valence electrons. The zero-order chi connectivity index (χ0) is 38.2. The number of rotatable bonds is 41. The summed E-state index contributed by atoms with van der Waals surface area (Å²) in [6.07, 6.45) is 39.5. The molecule has 1 amide bonds. The van der Waals surface area contributed by atoms with Crippen LogP contribution in [0.3, 0.4) is 0 Å². The number of unbranched alkanes of at least 4 members (excludes halogenated alkanes) is 30. The van der Waals surface area contributed by atoms with Crippen LogP contribution >= 0.6 is 0 Å². The molecule has 0 aromatic carbocycles. The van der Waals surface area contributed by atoms with Crippen molar-refractivity contribution >= 4 is 23.8 Å². The topological polar surface area (TPSA) is 119 Å². The van der Waals surface area contributed by atoms with Crippen molar-refractivity contribution in [1.82, 2.24) is 5.32 Å². The van der Waals surface area contributed by atoms with Gasteiger partial charge in [-0.25, -0.2) is 4.79 Å². The van der Waals surface area contributed by atoms with E-state index in [2.05, 4.69) is 19.2 Å². The number of aliphatic carboxylic acids is 1. The number of amides is 1. The number of hydrogen-bond donors (Lipinski definition) is 2. The number of carbonyl (C=O) groups excluding carboxylic acids is 3. The van der Waals surface area contributed by atoms with Crippen molar-refractivity contribution in [3.63, 3.8) is 0 Å². The number of nitrogens with one attached hydrogen (secondary N) is 1. The van der Waals surface area contributed by atoms with Crippen LogP contribution in [-0.4, -0.2) is 48.2 Å². The van der Waals surface area contributed by atoms with Gasteiger partial charge in [0.15, 0.2) is 0 Å². The summed E-state index contributed by atoms with van der Waals surface area (Å²) in [6.45, 7) is 5.04. The van der Waals surface area contributed by atoms with Crippen LogP contribution in [-0.2, 0) is 28.7 Å². The molecule has 0 saturated heterocycles. The first-order valence-corrected chi connectivity index (χ1v) is 22.2. The van der Waals surface area contributed by atoms with Crippen molar-refractivity contribution in [2.45, 2.75) is 245 Å². The summed E-state index contributed by atoms with van der Waals surface area (Å²) < 4.78 is 10.8. The van der Waals surface area contributed by atoms with E-state index in [1.165, 1.54) is 167 Å². The summed E-state index contributed by atoms with van der Waals surface area (Å²) in [7, 11) is 0. The van der Waals surface area contributed by atoms with E-state index in [1.54, 1.807) is 0 Å². The van der Waals surface area contributed by atoms with Gasteiger partial charge in [0.2, 0.25) is 5.91 Å². The highest BCUT2D eigenvalue weighted by molar-refractivity contribution is 5.89. The maximum Gasteiger partial charge on any atom is 0.329 e. The quantitative estimate of drug-likeness (QED) is 0.0473. The molecule has 0 aliphatic rings. The molecule has 0 heterocycles. The standard InChI is InChI=1S/C44H83NO7/c1-3-5-7-9-11-13-15-17-19-21-23-25-27-29-31-33-37-51-43(49)39-40(45-41(46)35-36-42(47)48)44(50)52-38-34-32-30-28-26-24-22-20-18-16-14-12-10-8-6-4-2/h40H,3-39H2,1-2H3,(H,45,46)(H,47,48)/t40-/m0/s1. The summed E-state index contributed by atoms with van der Waals surface area (Å²) in [4.78, 5) is 48.5. The van der Waals surface area contributed by atoms with Gasteiger partial charge in [0.25, 0.3) is 0 Å². The second-order valence-corrected chi connectivity index (χ2v) is 15.2. The fourth-order valence-electron chi connectivity index (χ4n) is 6.67. The number of carboxylic acids is 1. The van der Waals surface area contributed by atoms with Crippen molar-refractivity contribution in [3.05, 3.63) is 0 Å². The SMILES string of the molecule is CCCCCCCCCCCCCCCCCCOC(=O)C[C@H](NC(=O)CCC(=O)O)C(=O)OCCCCCCCCCCCCCCCCCC. The lowest BCUT2D eigenvalue weighted by Crippen LogP contribution is -2.43. The van der Waals surface area contributed by atoms with E-state index in [9.17, 15) is 19.2 Å². The van der Waals surface area contributed by atoms with Crippen molar-refractivity contribution in [1.29, 1.82) is 0 Å². The molecule has 0 radical (unpaired) electrons. The fraction of sp³-hybridized carbons (Fsp3) is 0.909. The van der Waals surface area contributed by atoms with Gasteiger partial charge in [0.1, 0.15) is 6.04 Å². The van der Waals surface area contributed by atoms with Crippen molar-refractivity contribution in [3.8, 4) is 0 Å². The molecule has 0 aromatic rings. The molecule has 0 aliphatic carbocycles. The molecule has 52 heavy (non-hydrogen) atoms. The summed E-state index contributed by atoms with van der Waals surface area (Å²) >= 11 is 0. The fourth-order valence-corrected chi connectivity index (χ4v) is 6.67. The first-order valence-electron chi connectivity index (χ1n) is 22.2. The number of carbonyl (C=O) groups is 4. The second-order valence-electron chi connectivity index (χ2n) is 15.2. The van der Waals surface area contributed by atoms with E-state index >= 15 is 0 Å². The van der Waals surface area contributed by atoms with Gasteiger partial charge < -0.3 is 19.9 Å². The minimum Gasteiger partial charge on any atom is -0.481 e. The number of carboxylic acid groups (broad SMARTS) is 1. The average Bonchev–Trinajstić information content (AvgIpc) is 3.12. The Morgan fingerprint density at radius 3 is 1.08 bits per heavy atom. The molecule has 0 aromatic heterocycles. The highest BCUT2D eigenvalue weighted by Gasteiger charge is 2.26. The van der Waals surface area contributed by atoms with E-state index in [4.69, 9.17) is 14.6 Å². The minimum absolute atomic E-state index is 0.229. The van der Waals surface area contributed by atoms with E-state index in [0.717, 1.165) is 38.5 Å². The molecule has 1 atom stereocenters. The molecule has 8 heteroatoms. The monoisotopic (exact) mass is 738 g/mol. The zero-order valence-electron chi connectivity index (χ0n) is 34.1. The van der Waals surface area contributed by atoms with Crippen molar-refractivity contribution in [2.75, 3.05) is 13.2 Å². The highest BCUT2D eigenvalue weighted by atomic mass is 16.5. The molecule has 2 N–H and O–H groups in total. The summed E-state index contributed by atoms with van der Waals surface area (Å²) in [5, 5.41) is 11.4. The molecule has 0 unspecified atom stereocenters. The Balaban J connectivity index is 4.01. The molecule has 0 bridgehead atoms. The predicted octanol–water partition coefficient (Wildman–Crippen LogP) is 12.3. The lowest BCUT2D eigenvalue weighted by atomic mass is 10.0. The molecule has 0 rings (SSSR count). The van der Waals surface area contributed by atoms with Crippen LogP contribution in [0.4, 0.5) is 0 Å². The molecule has 0 spiro atoms. The predicted molar refractivity (Wildman–Crippen MR) is 214 cm³/mol. The molecular formula is C44H83NO7. The van der Waals surface area contributed by atoms with Gasteiger partial charge in [-0.15, -0.1) is 0 Å². The van der Waals surface area contributed by atoms with Gasteiger partial charge in [-0.3, -0.25) is 14.4 Å². The van der Waals surface area contributed by atoms with Crippen LogP contribution in [0.2, 0.25) is 0 Å². The third kappa shape index (κ3) is 37.6. The minimum atomic E-state index is -1.18. The van der Waals surface area contributed by atoms with E-state index in [0.29, 0.717) is 0 Å². The third-order valence-corrected chi connectivity index (χ3v) is 10.1. The Morgan fingerprint density at radius 2 is 0.750 bits per heavy atom. The lowest BCUT2D eigenvalue weighted by molar-refractivity contribution is -0.154. The van der Waals surface area contributed by atoms with Crippen LogP contribution in [0.5, 0.6) is 0 Å². The second kappa shape index (κ2) is 40.1. The first-order chi connectivity index (χ1) is 25.4. The van der Waals surface area contributed by atoms with Gasteiger partial charge in [0.05, 0.1) is 26.1 Å². The molecule has 0 saturated carbocycles. The Kier molecular flexibility index (Phi) is 38.4. The molecule has 0 fully saturated rings. The Bertz CT molecular complexity index is 833. The molecule has 8 nitrogen and oxygen atoms in total. The summed E-state index contributed by atoms with van der Waals surface area (Å²) in [5.74, 6) is -2.94. The van der Waals surface area contributed by atoms with E-state index < -0.39 is 29.9 Å². The Hall–Kier alpha value is -2.12. The lowest BCUT2D eigenvalue weighted by Gasteiger charge is -2.17. The smallest absolute Gasteiger partial charge is 0.329 e. The number of esters is 2. The van der Waals surface area contributed by atoms with Crippen LogP contribution in [0.15, 0.2) is 0 Å². The van der Waals surface area contributed by atoms with Crippen LogP contribution in [0, 0.1) is 0 Å². The third-order valence-electron chi connectivity index (χ3n) is 10.1. The average molecular weight is 738 g/mol. The van der Waals surface area contributed by atoms with Gasteiger partial charge in [-0.2, -0.15) is 0 Å². The normalized spacial score (nSPS) is 11.7. The Labute approximate surface area is 320 Å². The Morgan fingerprint density at radius 1 is 0.442 bits per heavy atom. The van der Waals surface area contributed by atoms with E-state index in [1.807, 2.05) is 0 Å². The molecule has 0 aliphatic heterocycles. The van der Waals surface area contributed by atoms with Crippen LogP contribution in [0.1, 0.15) is 239 Å². The zero-order valence-corrected chi connectivity index (χ0v) is 34.1. The first kappa shape index (κ1) is 49.9. The van der Waals surface area contributed by atoms with Gasteiger partial charge in [-0.1, -0.05) is 206 Å². The summed E-state index contributed by atoms with van der Waals surface area (Å²) in [5.41, 5.74) is 0. The van der Waals surface area contributed by atoms with Crippen LogP contribution in [0.25, 0.3) is 0 Å². The maximum atomic E-state index is 12.8. The van der Waals surface area contributed by atoms with Gasteiger partial charge >= 0.3 is 17.9 Å². The number of ether oxygens (including phenoxy) is 2. The van der Waals surface area contributed by atoms with Gasteiger partial charge in [-0.05, 0) is 12.8 Å². The van der Waals surface area contributed by atoms with E-state index in [-0.39, 0.29) is 32.5 Å². The molecular weight excluding hydrogens is 654 g/mol. The van der Waals surface area contributed by atoms with Gasteiger partial charge in [0, 0.05) is 6.42 Å².